The van der Waals surface area contributed by atoms with E-state index in [2.05, 4.69) is 64.9 Å². The molecule has 1 aliphatic heterocycles. The van der Waals surface area contributed by atoms with E-state index in [0.29, 0.717) is 6.04 Å². The molecule has 0 amide bonds. The summed E-state index contributed by atoms with van der Waals surface area (Å²) in [6.07, 6.45) is 10.2. The van der Waals surface area contributed by atoms with Crippen LogP contribution in [0.5, 0.6) is 5.75 Å². The van der Waals surface area contributed by atoms with Crippen molar-refractivity contribution in [2.75, 3.05) is 13.7 Å². The Labute approximate surface area is 161 Å². The second kappa shape index (κ2) is 8.45. The van der Waals surface area contributed by atoms with Crippen LogP contribution in [0.25, 0.3) is 16.5 Å². The third kappa shape index (κ3) is 4.25. The van der Waals surface area contributed by atoms with Crippen LogP contribution >= 0.6 is 0 Å². The van der Waals surface area contributed by atoms with Gasteiger partial charge < -0.3 is 15.0 Å². The average molecular weight is 361 g/mol. The molecule has 1 atom stereocenters. The number of nitrogens with one attached hydrogen (secondary N) is 2. The number of methoxy groups -OCH3 is 1. The minimum Gasteiger partial charge on any atom is -0.497 e. The van der Waals surface area contributed by atoms with Crippen molar-refractivity contribution >= 4 is 16.5 Å². The Hall–Kier alpha value is -2.52. The first-order chi connectivity index (χ1) is 13.3. The Morgan fingerprint density at radius 3 is 2.81 bits per heavy atom. The predicted molar refractivity (Wildman–Crippen MR) is 113 cm³/mol. The van der Waals surface area contributed by atoms with Crippen molar-refractivity contribution in [2.24, 2.45) is 0 Å². The predicted octanol–water partition coefficient (Wildman–Crippen LogP) is 5.33. The Bertz CT molecular complexity index is 911. The molecular weight excluding hydrogens is 332 g/mol. The highest BCUT2D eigenvalue weighted by atomic mass is 16.5. The van der Waals surface area contributed by atoms with Crippen molar-refractivity contribution in [3.8, 4) is 5.75 Å². The number of hydrogen-bond acceptors (Lipinski definition) is 2. The first kappa shape index (κ1) is 17.9. The van der Waals surface area contributed by atoms with E-state index >= 15 is 0 Å². The third-order valence-corrected chi connectivity index (χ3v) is 5.58. The van der Waals surface area contributed by atoms with Crippen LogP contribution in [0.15, 0.2) is 60.8 Å². The van der Waals surface area contributed by atoms with Crippen LogP contribution in [-0.4, -0.2) is 24.7 Å². The molecule has 140 valence electrons. The van der Waals surface area contributed by atoms with E-state index in [1.165, 1.54) is 41.3 Å². The Morgan fingerprint density at radius 2 is 1.96 bits per heavy atom. The highest BCUT2D eigenvalue weighted by Gasteiger charge is 2.15. The first-order valence-electron chi connectivity index (χ1n) is 9.95. The van der Waals surface area contributed by atoms with E-state index in [1.54, 1.807) is 7.11 Å². The molecule has 3 heteroatoms. The van der Waals surface area contributed by atoms with Crippen LogP contribution in [0, 0.1) is 0 Å². The summed E-state index contributed by atoms with van der Waals surface area (Å²) in [4.78, 5) is 3.30. The van der Waals surface area contributed by atoms with E-state index in [4.69, 9.17) is 4.74 Å². The smallest absolute Gasteiger partial charge is 0.121 e. The molecule has 2 aromatic carbocycles. The van der Waals surface area contributed by atoms with Crippen molar-refractivity contribution in [3.05, 3.63) is 71.9 Å². The summed E-state index contributed by atoms with van der Waals surface area (Å²) in [5.41, 5.74) is 5.40. The third-order valence-electron chi connectivity index (χ3n) is 5.58. The molecule has 0 saturated heterocycles. The topological polar surface area (TPSA) is 37.0 Å². The summed E-state index contributed by atoms with van der Waals surface area (Å²) in [5, 5.41) is 4.98. The van der Waals surface area contributed by atoms with Gasteiger partial charge in [-0.3, -0.25) is 0 Å². The normalized spacial score (nSPS) is 17.1. The maximum Gasteiger partial charge on any atom is 0.121 e. The van der Waals surface area contributed by atoms with Gasteiger partial charge in [0.15, 0.2) is 0 Å². The summed E-state index contributed by atoms with van der Waals surface area (Å²) in [6, 6.07) is 17.8. The van der Waals surface area contributed by atoms with Gasteiger partial charge in [-0.25, -0.2) is 0 Å². The molecule has 2 N–H and O–H groups in total. The van der Waals surface area contributed by atoms with E-state index in [0.717, 1.165) is 30.7 Å². The lowest BCUT2D eigenvalue weighted by Crippen LogP contribution is -2.32. The number of rotatable bonds is 7. The number of aryl methyl sites for hydroxylation is 1. The molecule has 4 rings (SSSR count). The molecule has 0 bridgehead atoms. The number of unbranched alkanes of at least 4 members (excludes halogenated alkanes) is 1. The number of H-pyrrole nitrogens is 1. The van der Waals surface area contributed by atoms with Crippen molar-refractivity contribution in [1.29, 1.82) is 0 Å². The van der Waals surface area contributed by atoms with Gasteiger partial charge in [0.05, 0.1) is 7.11 Å². The fraction of sp³-hybridized carbons (Fsp3) is 0.333. The zero-order valence-corrected chi connectivity index (χ0v) is 16.0. The number of aromatic nitrogens is 1. The van der Waals surface area contributed by atoms with Crippen molar-refractivity contribution in [1.82, 2.24) is 10.3 Å². The van der Waals surface area contributed by atoms with Gasteiger partial charge >= 0.3 is 0 Å². The van der Waals surface area contributed by atoms with E-state index in [9.17, 15) is 0 Å². The monoisotopic (exact) mass is 360 g/mol. The number of aromatic amines is 1. The van der Waals surface area contributed by atoms with E-state index in [1.807, 2.05) is 6.20 Å². The molecule has 2 heterocycles. The number of benzene rings is 2. The lowest BCUT2D eigenvalue weighted by Gasteiger charge is -2.24. The molecule has 3 aromatic rings. The quantitative estimate of drug-likeness (QED) is 0.558. The summed E-state index contributed by atoms with van der Waals surface area (Å²) in [7, 11) is 1.74. The summed E-state index contributed by atoms with van der Waals surface area (Å²) >= 11 is 0. The maximum atomic E-state index is 5.45. The van der Waals surface area contributed by atoms with Crippen LogP contribution in [0.1, 0.15) is 36.8 Å². The van der Waals surface area contributed by atoms with Gasteiger partial charge in [0.25, 0.3) is 0 Å². The Balaban J connectivity index is 1.31. The number of ether oxygens (including phenoxy) is 1. The van der Waals surface area contributed by atoms with Gasteiger partial charge in [-0.2, -0.15) is 0 Å². The zero-order chi connectivity index (χ0) is 18.5. The highest BCUT2D eigenvalue weighted by molar-refractivity contribution is 5.84. The molecule has 3 nitrogen and oxygen atoms in total. The minimum absolute atomic E-state index is 0.586. The second-order valence-corrected chi connectivity index (χ2v) is 7.38. The van der Waals surface area contributed by atoms with Crippen molar-refractivity contribution < 1.29 is 4.74 Å². The molecule has 27 heavy (non-hydrogen) atoms. The Kier molecular flexibility index (Phi) is 5.59. The molecule has 0 fully saturated rings. The van der Waals surface area contributed by atoms with Crippen LogP contribution in [0.4, 0.5) is 0 Å². The van der Waals surface area contributed by atoms with E-state index < -0.39 is 0 Å². The molecule has 0 aliphatic carbocycles. The van der Waals surface area contributed by atoms with Gasteiger partial charge in [0, 0.05) is 35.8 Å². The fourth-order valence-corrected chi connectivity index (χ4v) is 4.11. The molecule has 1 aromatic heterocycles. The van der Waals surface area contributed by atoms with Gasteiger partial charge in [-0.05, 0) is 54.5 Å². The summed E-state index contributed by atoms with van der Waals surface area (Å²) in [5.74, 6) is 0.937. The van der Waals surface area contributed by atoms with Crippen LogP contribution in [-0.2, 0) is 6.42 Å². The molecule has 1 aliphatic rings. The molecule has 0 spiro atoms. The average Bonchev–Trinajstić information content (AvgIpc) is 3.20. The lowest BCUT2D eigenvalue weighted by molar-refractivity contribution is 0.414. The minimum atomic E-state index is 0.586. The molecule has 0 saturated carbocycles. The lowest BCUT2D eigenvalue weighted by atomic mass is 9.92. The van der Waals surface area contributed by atoms with Gasteiger partial charge in [-0.1, -0.05) is 42.8 Å². The Morgan fingerprint density at radius 1 is 1.07 bits per heavy atom. The summed E-state index contributed by atoms with van der Waals surface area (Å²) < 4.78 is 5.45. The van der Waals surface area contributed by atoms with E-state index in [-0.39, 0.29) is 0 Å². The molecule has 0 radical (unpaired) electrons. The molecular formula is C24H28N2O. The molecule has 1 unspecified atom stereocenters. The first-order valence-corrected chi connectivity index (χ1v) is 9.95. The van der Waals surface area contributed by atoms with Gasteiger partial charge in [0.2, 0.25) is 0 Å². The number of hydrogen-bond donors (Lipinski definition) is 2. The second-order valence-electron chi connectivity index (χ2n) is 7.38. The largest absolute Gasteiger partial charge is 0.497 e. The fourth-order valence-electron chi connectivity index (χ4n) is 4.11. The van der Waals surface area contributed by atoms with Crippen molar-refractivity contribution in [2.45, 2.75) is 38.1 Å². The zero-order valence-electron chi connectivity index (χ0n) is 16.0. The number of fused-ring (bicyclic) bond motifs is 1. The highest BCUT2D eigenvalue weighted by Crippen LogP contribution is 2.27. The standard InChI is InChI=1S/C24H28N2O/c1-27-22-16-20(23-12-14-26-24(23)17-22)9-5-6-10-21-15-19(11-13-25-21)18-7-3-2-4-8-18/h2-4,7-8,11-12,14,16-17,21,25-26H,5-6,9-10,13,15H2,1H3. The van der Waals surface area contributed by atoms with Gasteiger partial charge in [0.1, 0.15) is 5.75 Å². The maximum absolute atomic E-state index is 5.45. The van der Waals surface area contributed by atoms with Crippen molar-refractivity contribution in [3.63, 3.8) is 0 Å². The van der Waals surface area contributed by atoms with Gasteiger partial charge in [-0.15, -0.1) is 0 Å². The van der Waals surface area contributed by atoms with Crippen LogP contribution in [0.2, 0.25) is 0 Å². The SMILES string of the molecule is COc1cc(CCCCC2CC(c3ccccc3)=CCN2)c2cc[nH]c2c1. The van der Waals surface area contributed by atoms with Crippen LogP contribution < -0.4 is 10.1 Å². The van der Waals surface area contributed by atoms with Crippen LogP contribution in [0.3, 0.4) is 0 Å². The summed E-state index contributed by atoms with van der Waals surface area (Å²) in [6.45, 7) is 0.981.